The van der Waals surface area contributed by atoms with Crippen LogP contribution in [0.1, 0.15) is 21.5 Å². The van der Waals surface area contributed by atoms with Gasteiger partial charge in [-0.25, -0.2) is 0 Å². The highest BCUT2D eigenvalue weighted by atomic mass is 79.9. The monoisotopic (exact) mass is 396 g/mol. The Labute approximate surface area is 134 Å². The van der Waals surface area contributed by atoms with Crippen molar-refractivity contribution in [1.82, 2.24) is 0 Å². The van der Waals surface area contributed by atoms with Gasteiger partial charge in [0.2, 0.25) is 5.91 Å². The fraction of sp³-hybridized carbons (Fsp3) is 0.133. The number of nitrogens with two attached hydrogens (primary N) is 1. The maximum atomic E-state index is 11.1. The van der Waals surface area contributed by atoms with E-state index in [9.17, 15) is 4.79 Å². The number of amides is 1. The zero-order valence-electron chi connectivity index (χ0n) is 10.9. The van der Waals surface area contributed by atoms with E-state index in [4.69, 9.17) is 5.73 Å². The molecule has 0 spiro atoms. The smallest absolute Gasteiger partial charge is 0.248 e. The molecule has 0 unspecified atom stereocenters. The van der Waals surface area contributed by atoms with E-state index in [1.54, 1.807) is 12.1 Å². The number of anilines is 1. The highest BCUT2D eigenvalue weighted by molar-refractivity contribution is 9.13. The fourth-order valence-corrected chi connectivity index (χ4v) is 2.53. The molecule has 0 fully saturated rings. The molecule has 0 aliphatic heterocycles. The van der Waals surface area contributed by atoms with E-state index in [0.717, 1.165) is 20.2 Å². The summed E-state index contributed by atoms with van der Waals surface area (Å²) in [5, 5.41) is 3.35. The third-order valence-corrected chi connectivity index (χ3v) is 4.86. The number of aryl methyl sites for hydroxylation is 1. The Kier molecular flexibility index (Phi) is 4.83. The van der Waals surface area contributed by atoms with Gasteiger partial charge in [-0.15, -0.1) is 0 Å². The number of carbonyl (C=O) groups excluding carboxylic acids is 1. The molecule has 2 rings (SSSR count). The fourth-order valence-electron chi connectivity index (χ4n) is 1.86. The molecule has 0 heterocycles. The van der Waals surface area contributed by atoms with Crippen molar-refractivity contribution in [3.8, 4) is 0 Å². The van der Waals surface area contributed by atoms with Gasteiger partial charge in [-0.05, 0) is 80.2 Å². The number of hydrogen-bond acceptors (Lipinski definition) is 2. The SMILES string of the molecule is Cc1cc(C(N)=O)ccc1NCc1ccc(Br)c(Br)c1. The van der Waals surface area contributed by atoms with Gasteiger partial charge in [0.25, 0.3) is 0 Å². The number of primary amides is 1. The van der Waals surface area contributed by atoms with Crippen LogP contribution in [-0.2, 0) is 6.54 Å². The maximum absolute atomic E-state index is 11.1. The summed E-state index contributed by atoms with van der Waals surface area (Å²) in [5.74, 6) is -0.406. The molecule has 3 nitrogen and oxygen atoms in total. The highest BCUT2D eigenvalue weighted by Crippen LogP contribution is 2.24. The lowest BCUT2D eigenvalue weighted by Gasteiger charge is -2.11. The Morgan fingerprint density at radius 3 is 2.50 bits per heavy atom. The van der Waals surface area contributed by atoms with E-state index in [0.29, 0.717) is 12.1 Å². The van der Waals surface area contributed by atoms with Crippen molar-refractivity contribution in [2.24, 2.45) is 5.73 Å². The summed E-state index contributed by atoms with van der Waals surface area (Å²) in [5.41, 5.74) is 8.94. The molecule has 0 saturated heterocycles. The number of hydrogen-bond donors (Lipinski definition) is 2. The summed E-state index contributed by atoms with van der Waals surface area (Å²) in [4.78, 5) is 11.1. The van der Waals surface area contributed by atoms with Crippen LogP contribution in [0.25, 0.3) is 0 Å². The van der Waals surface area contributed by atoms with Gasteiger partial charge in [0.1, 0.15) is 0 Å². The zero-order valence-corrected chi connectivity index (χ0v) is 14.1. The molecule has 0 aliphatic rings. The molecule has 0 radical (unpaired) electrons. The van der Waals surface area contributed by atoms with Crippen molar-refractivity contribution in [3.05, 3.63) is 62.0 Å². The van der Waals surface area contributed by atoms with Crippen LogP contribution in [0, 0.1) is 6.92 Å². The largest absolute Gasteiger partial charge is 0.381 e. The van der Waals surface area contributed by atoms with E-state index in [-0.39, 0.29) is 0 Å². The van der Waals surface area contributed by atoms with Crippen LogP contribution in [0.3, 0.4) is 0 Å². The van der Waals surface area contributed by atoms with Crippen LogP contribution in [0.15, 0.2) is 45.3 Å². The molecule has 104 valence electrons. The standard InChI is InChI=1S/C15H14Br2N2O/c1-9-6-11(15(18)20)3-5-14(9)19-8-10-2-4-12(16)13(17)7-10/h2-7,19H,8H2,1H3,(H2,18,20). The van der Waals surface area contributed by atoms with Crippen LogP contribution in [0.5, 0.6) is 0 Å². The zero-order chi connectivity index (χ0) is 14.7. The molecule has 0 aliphatic carbocycles. The van der Waals surface area contributed by atoms with Gasteiger partial charge >= 0.3 is 0 Å². The van der Waals surface area contributed by atoms with Crippen LogP contribution in [0.4, 0.5) is 5.69 Å². The topological polar surface area (TPSA) is 55.1 Å². The molecule has 0 atom stereocenters. The van der Waals surface area contributed by atoms with Crippen LogP contribution >= 0.6 is 31.9 Å². The first-order valence-electron chi connectivity index (χ1n) is 6.05. The summed E-state index contributed by atoms with van der Waals surface area (Å²) in [6.45, 7) is 2.66. The molecule has 0 bridgehead atoms. The predicted molar refractivity (Wildman–Crippen MR) is 88.9 cm³/mol. The summed E-state index contributed by atoms with van der Waals surface area (Å²) in [6.07, 6.45) is 0. The quantitative estimate of drug-likeness (QED) is 0.810. The van der Waals surface area contributed by atoms with E-state index in [2.05, 4.69) is 49.3 Å². The minimum absolute atomic E-state index is 0.406. The second-order valence-electron chi connectivity index (χ2n) is 4.50. The molecule has 2 aromatic rings. The van der Waals surface area contributed by atoms with Gasteiger partial charge in [0.15, 0.2) is 0 Å². The van der Waals surface area contributed by atoms with Gasteiger partial charge < -0.3 is 11.1 Å². The predicted octanol–water partition coefficient (Wildman–Crippen LogP) is 4.23. The van der Waals surface area contributed by atoms with E-state index < -0.39 is 5.91 Å². The van der Waals surface area contributed by atoms with E-state index in [1.807, 2.05) is 19.1 Å². The number of rotatable bonds is 4. The minimum Gasteiger partial charge on any atom is -0.381 e. The average Bonchev–Trinajstić information content (AvgIpc) is 2.41. The second-order valence-corrected chi connectivity index (χ2v) is 6.20. The third kappa shape index (κ3) is 3.61. The maximum Gasteiger partial charge on any atom is 0.248 e. The Hall–Kier alpha value is -1.33. The molecule has 3 N–H and O–H groups in total. The molecule has 20 heavy (non-hydrogen) atoms. The van der Waals surface area contributed by atoms with Crippen molar-refractivity contribution in [2.45, 2.75) is 13.5 Å². The average molecular weight is 398 g/mol. The third-order valence-electron chi connectivity index (χ3n) is 2.98. The molecular weight excluding hydrogens is 384 g/mol. The summed E-state index contributed by atoms with van der Waals surface area (Å²) in [6, 6.07) is 11.5. The molecule has 0 aromatic heterocycles. The van der Waals surface area contributed by atoms with E-state index in [1.165, 1.54) is 5.56 Å². The second kappa shape index (κ2) is 6.41. The van der Waals surface area contributed by atoms with Gasteiger partial charge in [-0.1, -0.05) is 6.07 Å². The first kappa shape index (κ1) is 15.1. The van der Waals surface area contributed by atoms with Gasteiger partial charge in [-0.3, -0.25) is 4.79 Å². The lowest BCUT2D eigenvalue weighted by atomic mass is 10.1. The molecule has 2 aromatic carbocycles. The van der Waals surface area contributed by atoms with Crippen LogP contribution in [-0.4, -0.2) is 5.91 Å². The van der Waals surface area contributed by atoms with Gasteiger partial charge in [0, 0.05) is 26.7 Å². The molecule has 0 saturated carbocycles. The Balaban J connectivity index is 2.10. The van der Waals surface area contributed by atoms with Gasteiger partial charge in [0.05, 0.1) is 0 Å². The van der Waals surface area contributed by atoms with Crippen LogP contribution < -0.4 is 11.1 Å². The lowest BCUT2D eigenvalue weighted by Crippen LogP contribution is -2.11. The Morgan fingerprint density at radius 1 is 1.15 bits per heavy atom. The van der Waals surface area contributed by atoms with Crippen molar-refractivity contribution >= 4 is 43.5 Å². The van der Waals surface area contributed by atoms with Crippen LogP contribution in [0.2, 0.25) is 0 Å². The van der Waals surface area contributed by atoms with Crippen molar-refractivity contribution in [1.29, 1.82) is 0 Å². The molecule has 1 amide bonds. The molecular formula is C15H14Br2N2O. The number of benzene rings is 2. The van der Waals surface area contributed by atoms with Crippen molar-refractivity contribution in [3.63, 3.8) is 0 Å². The summed E-state index contributed by atoms with van der Waals surface area (Å²) in [7, 11) is 0. The normalized spacial score (nSPS) is 10.3. The summed E-state index contributed by atoms with van der Waals surface area (Å²) < 4.78 is 2.06. The highest BCUT2D eigenvalue weighted by Gasteiger charge is 2.04. The number of halogens is 2. The first-order chi connectivity index (χ1) is 9.47. The minimum atomic E-state index is -0.406. The van der Waals surface area contributed by atoms with Crippen molar-refractivity contribution < 1.29 is 4.79 Å². The lowest BCUT2D eigenvalue weighted by molar-refractivity contribution is 0.1000. The number of carbonyl (C=O) groups is 1. The molecule has 5 heteroatoms. The number of nitrogens with one attached hydrogen (secondary N) is 1. The first-order valence-corrected chi connectivity index (χ1v) is 7.64. The Bertz CT molecular complexity index is 656. The summed E-state index contributed by atoms with van der Waals surface area (Å²) >= 11 is 6.93. The van der Waals surface area contributed by atoms with E-state index >= 15 is 0 Å². The van der Waals surface area contributed by atoms with Gasteiger partial charge in [-0.2, -0.15) is 0 Å². The van der Waals surface area contributed by atoms with Crippen molar-refractivity contribution in [2.75, 3.05) is 5.32 Å². The Morgan fingerprint density at radius 2 is 1.90 bits per heavy atom.